The quantitative estimate of drug-likeness (QED) is 0.712. The third-order valence-electron chi connectivity index (χ3n) is 3.77. The molecule has 2 rings (SSSR count). The summed E-state index contributed by atoms with van der Waals surface area (Å²) in [6.45, 7) is 1.71. The van der Waals surface area contributed by atoms with Gasteiger partial charge in [0.15, 0.2) is 0 Å². The van der Waals surface area contributed by atoms with Gasteiger partial charge in [0.05, 0.1) is 5.25 Å². The van der Waals surface area contributed by atoms with Crippen LogP contribution in [0.1, 0.15) is 25.7 Å². The Balaban J connectivity index is 2.19. The third kappa shape index (κ3) is 2.53. The number of piperidine rings is 1. The Hall–Kier alpha value is -0.660. The van der Waals surface area contributed by atoms with Crippen molar-refractivity contribution in [2.75, 3.05) is 26.7 Å². The number of nitrogens with one attached hydrogen (secondary N) is 2. The normalized spacial score (nSPS) is 30.3. The van der Waals surface area contributed by atoms with E-state index in [0.717, 1.165) is 19.4 Å². The highest BCUT2D eigenvalue weighted by atomic mass is 32.2. The van der Waals surface area contributed by atoms with E-state index in [2.05, 4.69) is 10.6 Å². The number of hydrogen-bond donors (Lipinski definition) is 2. The van der Waals surface area contributed by atoms with Crippen molar-refractivity contribution in [1.29, 1.82) is 0 Å². The van der Waals surface area contributed by atoms with Gasteiger partial charge in [-0.2, -0.15) is 4.31 Å². The summed E-state index contributed by atoms with van der Waals surface area (Å²) in [5.41, 5.74) is 0. The predicted molar refractivity (Wildman–Crippen MR) is 68.6 cm³/mol. The molecule has 2 heterocycles. The van der Waals surface area contributed by atoms with Crippen LogP contribution in [0.3, 0.4) is 0 Å². The van der Waals surface area contributed by atoms with Gasteiger partial charge in [-0.1, -0.05) is 6.42 Å². The second kappa shape index (κ2) is 5.54. The lowest BCUT2D eigenvalue weighted by Crippen LogP contribution is -2.53. The molecule has 2 atom stereocenters. The highest BCUT2D eigenvalue weighted by molar-refractivity contribution is 7.89. The molecule has 0 saturated carbocycles. The molecule has 0 radical (unpaired) electrons. The zero-order chi connectivity index (χ0) is 13.2. The minimum absolute atomic E-state index is 0.191. The van der Waals surface area contributed by atoms with Crippen LogP contribution in [0.4, 0.5) is 0 Å². The van der Waals surface area contributed by atoms with E-state index in [0.29, 0.717) is 25.9 Å². The minimum atomic E-state index is -3.36. The van der Waals surface area contributed by atoms with Crippen LogP contribution in [0.15, 0.2) is 0 Å². The van der Waals surface area contributed by atoms with E-state index < -0.39 is 16.1 Å². The molecule has 2 aliphatic rings. The first-order chi connectivity index (χ1) is 8.57. The summed E-state index contributed by atoms with van der Waals surface area (Å²) in [6, 6.07) is -0.519. The summed E-state index contributed by atoms with van der Waals surface area (Å²) in [5.74, 6) is -0.191. The standard InChI is InChI=1S/C11H21N3O3S/c1-12-11(15)10-4-2-3-7-14(10)18(16,17)9-5-6-13-8-9/h9-10,13H,2-8H2,1H3,(H,12,15). The van der Waals surface area contributed by atoms with Crippen molar-refractivity contribution in [3.05, 3.63) is 0 Å². The molecule has 2 aliphatic heterocycles. The number of likely N-dealkylation sites (N-methyl/N-ethyl adjacent to an activating group) is 1. The van der Waals surface area contributed by atoms with Crippen molar-refractivity contribution in [3.8, 4) is 0 Å². The number of rotatable bonds is 3. The van der Waals surface area contributed by atoms with E-state index in [1.807, 2.05) is 0 Å². The van der Waals surface area contributed by atoms with Crippen LogP contribution in [0.5, 0.6) is 0 Å². The Morgan fingerprint density at radius 3 is 2.72 bits per heavy atom. The van der Waals surface area contributed by atoms with E-state index in [1.165, 1.54) is 4.31 Å². The molecule has 2 unspecified atom stereocenters. The van der Waals surface area contributed by atoms with Gasteiger partial charge in [-0.15, -0.1) is 0 Å². The van der Waals surface area contributed by atoms with Gasteiger partial charge in [0.1, 0.15) is 6.04 Å². The summed E-state index contributed by atoms with van der Waals surface area (Å²) in [7, 11) is -1.80. The Morgan fingerprint density at radius 1 is 1.33 bits per heavy atom. The first-order valence-electron chi connectivity index (χ1n) is 6.50. The molecule has 104 valence electrons. The van der Waals surface area contributed by atoms with E-state index in [9.17, 15) is 13.2 Å². The van der Waals surface area contributed by atoms with E-state index >= 15 is 0 Å². The average molecular weight is 275 g/mol. The summed E-state index contributed by atoms with van der Waals surface area (Å²) in [6.07, 6.45) is 3.01. The van der Waals surface area contributed by atoms with Crippen molar-refractivity contribution in [2.45, 2.75) is 37.0 Å². The van der Waals surface area contributed by atoms with E-state index in [4.69, 9.17) is 0 Å². The van der Waals surface area contributed by atoms with Crippen molar-refractivity contribution in [3.63, 3.8) is 0 Å². The molecular formula is C11H21N3O3S. The highest BCUT2D eigenvalue weighted by Crippen LogP contribution is 2.25. The van der Waals surface area contributed by atoms with Crippen LogP contribution in [0, 0.1) is 0 Å². The fourth-order valence-electron chi connectivity index (χ4n) is 2.71. The zero-order valence-electron chi connectivity index (χ0n) is 10.7. The predicted octanol–water partition coefficient (Wildman–Crippen LogP) is -0.721. The Morgan fingerprint density at radius 2 is 2.11 bits per heavy atom. The zero-order valence-corrected chi connectivity index (χ0v) is 11.5. The lowest BCUT2D eigenvalue weighted by atomic mass is 10.0. The van der Waals surface area contributed by atoms with Gasteiger partial charge < -0.3 is 10.6 Å². The smallest absolute Gasteiger partial charge is 0.238 e. The maximum atomic E-state index is 12.5. The molecule has 18 heavy (non-hydrogen) atoms. The Labute approximate surface area is 108 Å². The largest absolute Gasteiger partial charge is 0.358 e. The number of carbonyl (C=O) groups is 1. The van der Waals surface area contributed by atoms with Crippen LogP contribution >= 0.6 is 0 Å². The number of nitrogens with zero attached hydrogens (tertiary/aromatic N) is 1. The first-order valence-corrected chi connectivity index (χ1v) is 8.00. The topological polar surface area (TPSA) is 78.5 Å². The van der Waals surface area contributed by atoms with Gasteiger partial charge in [0.2, 0.25) is 15.9 Å². The summed E-state index contributed by atoms with van der Waals surface area (Å²) < 4.78 is 26.5. The Kier molecular flexibility index (Phi) is 4.24. The number of carbonyl (C=O) groups excluding carboxylic acids is 1. The first kappa shape index (κ1) is 13.8. The summed E-state index contributed by atoms with van der Waals surface area (Å²) in [5, 5.41) is 5.26. The minimum Gasteiger partial charge on any atom is -0.358 e. The molecule has 2 N–H and O–H groups in total. The van der Waals surface area contributed by atoms with Crippen LogP contribution in [-0.4, -0.2) is 56.6 Å². The molecule has 0 spiro atoms. The maximum absolute atomic E-state index is 12.5. The molecule has 0 aromatic carbocycles. The molecule has 0 bridgehead atoms. The fraction of sp³-hybridized carbons (Fsp3) is 0.909. The Bertz CT molecular complexity index is 404. The van der Waals surface area contributed by atoms with Crippen molar-refractivity contribution in [1.82, 2.24) is 14.9 Å². The third-order valence-corrected chi connectivity index (χ3v) is 6.10. The van der Waals surface area contributed by atoms with Crippen LogP contribution < -0.4 is 10.6 Å². The second-order valence-electron chi connectivity index (χ2n) is 4.90. The van der Waals surface area contributed by atoms with Gasteiger partial charge in [-0.05, 0) is 25.8 Å². The molecule has 1 amide bonds. The number of sulfonamides is 1. The fourth-order valence-corrected chi connectivity index (χ4v) is 4.78. The average Bonchev–Trinajstić information content (AvgIpc) is 2.92. The maximum Gasteiger partial charge on any atom is 0.238 e. The van der Waals surface area contributed by atoms with Crippen LogP contribution in [0.2, 0.25) is 0 Å². The summed E-state index contributed by atoms with van der Waals surface area (Å²) in [4.78, 5) is 11.8. The molecule has 0 aromatic rings. The van der Waals surface area contributed by atoms with E-state index in [-0.39, 0.29) is 11.2 Å². The molecule has 6 nitrogen and oxygen atoms in total. The van der Waals surface area contributed by atoms with Crippen molar-refractivity contribution >= 4 is 15.9 Å². The second-order valence-corrected chi connectivity index (χ2v) is 7.06. The van der Waals surface area contributed by atoms with Gasteiger partial charge in [-0.25, -0.2) is 8.42 Å². The lowest BCUT2D eigenvalue weighted by molar-refractivity contribution is -0.125. The molecule has 0 aromatic heterocycles. The number of hydrogen-bond acceptors (Lipinski definition) is 4. The van der Waals surface area contributed by atoms with Crippen molar-refractivity contribution in [2.24, 2.45) is 0 Å². The SMILES string of the molecule is CNC(=O)C1CCCCN1S(=O)(=O)C1CCNC1. The molecule has 7 heteroatoms. The number of amides is 1. The van der Waals surface area contributed by atoms with Crippen LogP contribution in [-0.2, 0) is 14.8 Å². The van der Waals surface area contributed by atoms with Crippen molar-refractivity contribution < 1.29 is 13.2 Å². The highest BCUT2D eigenvalue weighted by Gasteiger charge is 2.41. The van der Waals surface area contributed by atoms with Gasteiger partial charge in [0, 0.05) is 20.1 Å². The van der Waals surface area contributed by atoms with Gasteiger partial charge in [-0.3, -0.25) is 4.79 Å². The lowest BCUT2D eigenvalue weighted by Gasteiger charge is -2.35. The molecule has 0 aliphatic carbocycles. The van der Waals surface area contributed by atoms with Gasteiger partial charge >= 0.3 is 0 Å². The monoisotopic (exact) mass is 275 g/mol. The molecule has 2 fully saturated rings. The summed E-state index contributed by atoms with van der Waals surface area (Å²) >= 11 is 0. The molecular weight excluding hydrogens is 254 g/mol. The van der Waals surface area contributed by atoms with Crippen LogP contribution in [0.25, 0.3) is 0 Å². The molecule has 2 saturated heterocycles. The van der Waals surface area contributed by atoms with E-state index in [1.54, 1.807) is 7.05 Å². The van der Waals surface area contributed by atoms with Gasteiger partial charge in [0.25, 0.3) is 0 Å².